The Morgan fingerprint density at radius 2 is 0.850 bits per heavy atom. The van der Waals surface area contributed by atoms with Gasteiger partial charge in [0.25, 0.3) is 0 Å². The van der Waals surface area contributed by atoms with E-state index in [1.807, 2.05) is 151 Å². The van der Waals surface area contributed by atoms with Gasteiger partial charge in [0.1, 0.15) is 24.2 Å². The van der Waals surface area contributed by atoms with Crippen LogP contribution in [0.4, 0.5) is 10.5 Å². The molecule has 0 spiro atoms. The van der Waals surface area contributed by atoms with Crippen LogP contribution in [0.5, 0.6) is 0 Å². The molecule has 0 saturated carbocycles. The SMILES string of the molecule is Cc1cc(C)cc(NC(=O)N[C@@H](Cc2ccccc2)C(=O)N[C@H](CC(C)C)C(=O)N[C@@H](Cc2ccccc2)C(=O)N[C@H](CC(C)C)C(=O)N[C@H](CO)Cc2ccccc2)c1. The quantitative estimate of drug-likeness (QED) is 0.0581. The van der Waals surface area contributed by atoms with Gasteiger partial charge in [-0.3, -0.25) is 19.2 Å². The molecule has 4 aromatic carbocycles. The van der Waals surface area contributed by atoms with Crippen molar-refractivity contribution in [2.75, 3.05) is 11.9 Å². The molecule has 0 heterocycles. The Kier molecular flexibility index (Phi) is 18.3. The number of benzene rings is 4. The number of anilines is 1. The van der Waals surface area contributed by atoms with Gasteiger partial charge in [0.15, 0.2) is 0 Å². The fourth-order valence-electron chi connectivity index (χ4n) is 7.07. The van der Waals surface area contributed by atoms with Gasteiger partial charge in [-0.25, -0.2) is 4.79 Å². The number of amides is 6. The predicted molar refractivity (Wildman–Crippen MR) is 236 cm³/mol. The number of aliphatic hydroxyl groups excluding tert-OH is 1. The molecule has 0 aliphatic carbocycles. The van der Waals surface area contributed by atoms with Gasteiger partial charge in [-0.05, 0) is 84.9 Å². The van der Waals surface area contributed by atoms with Gasteiger partial charge >= 0.3 is 6.03 Å². The highest BCUT2D eigenvalue weighted by atomic mass is 16.3. The van der Waals surface area contributed by atoms with E-state index in [0.29, 0.717) is 18.5 Å². The zero-order chi connectivity index (χ0) is 43.6. The van der Waals surface area contributed by atoms with Gasteiger partial charge in [-0.15, -0.1) is 0 Å². The number of aliphatic hydroxyl groups is 1. The molecule has 0 bridgehead atoms. The minimum Gasteiger partial charge on any atom is -0.394 e. The number of carbonyl (C=O) groups is 5. The monoisotopic (exact) mass is 818 g/mol. The predicted octanol–water partition coefficient (Wildman–Crippen LogP) is 5.55. The summed E-state index contributed by atoms with van der Waals surface area (Å²) < 4.78 is 0. The lowest BCUT2D eigenvalue weighted by Crippen LogP contribution is -2.59. The zero-order valence-electron chi connectivity index (χ0n) is 35.7. The molecule has 0 fully saturated rings. The minimum atomic E-state index is -1.12. The molecular weight excluding hydrogens is 757 g/mol. The lowest BCUT2D eigenvalue weighted by molar-refractivity contribution is -0.134. The van der Waals surface area contributed by atoms with Crippen LogP contribution in [0.15, 0.2) is 109 Å². The number of aryl methyl sites for hydroxylation is 2. The standard InChI is InChI=1S/C48H62N6O6/c1-31(2)22-40(44(56)49-39(30-55)27-35-16-10-7-11-17-35)51-46(58)42(28-36-18-12-8-13-19-36)53-45(57)41(23-32(3)4)52-47(59)43(29-37-20-14-9-15-21-37)54-48(60)50-38-25-33(5)24-34(6)26-38/h7-21,24-26,31-32,39-43,55H,22-23,27-30H2,1-6H3,(H,49,56)(H,51,58)(H,52,59)(H,53,57)(H2,50,54,60)/t39-,40+,41+,42-,43-/m0/s1. The molecule has 320 valence electrons. The summed E-state index contributed by atoms with van der Waals surface area (Å²) in [5.41, 5.74) is 5.04. The Hall–Kier alpha value is -6.01. The van der Waals surface area contributed by atoms with Crippen molar-refractivity contribution in [3.63, 3.8) is 0 Å². The fourth-order valence-corrected chi connectivity index (χ4v) is 7.07. The van der Waals surface area contributed by atoms with Crippen molar-refractivity contribution in [3.8, 4) is 0 Å². The first-order chi connectivity index (χ1) is 28.7. The summed E-state index contributed by atoms with van der Waals surface area (Å²) in [6.45, 7) is 11.3. The molecule has 5 atom stereocenters. The largest absolute Gasteiger partial charge is 0.394 e. The maximum Gasteiger partial charge on any atom is 0.319 e. The fraction of sp³-hybridized carbons (Fsp3) is 0.396. The van der Waals surface area contributed by atoms with E-state index in [0.717, 1.165) is 27.8 Å². The van der Waals surface area contributed by atoms with Crippen molar-refractivity contribution in [1.82, 2.24) is 26.6 Å². The van der Waals surface area contributed by atoms with Crippen LogP contribution < -0.4 is 31.9 Å². The molecule has 0 saturated heterocycles. The molecule has 0 aliphatic rings. The van der Waals surface area contributed by atoms with Crippen molar-refractivity contribution in [2.45, 2.75) is 104 Å². The first-order valence-corrected chi connectivity index (χ1v) is 20.8. The van der Waals surface area contributed by atoms with Gasteiger partial charge in [0.2, 0.25) is 23.6 Å². The molecule has 4 rings (SSSR count). The second-order valence-electron chi connectivity index (χ2n) is 16.4. The van der Waals surface area contributed by atoms with Crippen molar-refractivity contribution in [3.05, 3.63) is 137 Å². The summed E-state index contributed by atoms with van der Waals surface area (Å²) >= 11 is 0. The summed E-state index contributed by atoms with van der Waals surface area (Å²) in [6.07, 6.45) is 1.23. The maximum absolute atomic E-state index is 14.3. The van der Waals surface area contributed by atoms with Gasteiger partial charge in [0, 0.05) is 18.5 Å². The lowest BCUT2D eigenvalue weighted by Gasteiger charge is -2.28. The topological polar surface area (TPSA) is 178 Å². The van der Waals surface area contributed by atoms with Crippen molar-refractivity contribution in [1.29, 1.82) is 0 Å². The molecule has 12 nitrogen and oxygen atoms in total. The maximum atomic E-state index is 14.3. The Morgan fingerprint density at radius 1 is 0.483 bits per heavy atom. The van der Waals surface area contributed by atoms with Gasteiger partial charge < -0.3 is 37.0 Å². The van der Waals surface area contributed by atoms with Crippen LogP contribution in [-0.2, 0) is 38.4 Å². The molecule has 0 radical (unpaired) electrons. The number of nitrogens with one attached hydrogen (secondary N) is 6. The van der Waals surface area contributed by atoms with E-state index in [-0.39, 0.29) is 37.7 Å². The van der Waals surface area contributed by atoms with E-state index in [9.17, 15) is 29.1 Å². The summed E-state index contributed by atoms with van der Waals surface area (Å²) in [7, 11) is 0. The molecule has 0 unspecified atom stereocenters. The number of hydrogen-bond donors (Lipinski definition) is 7. The number of hydrogen-bond acceptors (Lipinski definition) is 6. The average molecular weight is 819 g/mol. The van der Waals surface area contributed by atoms with Crippen molar-refractivity contribution < 1.29 is 29.1 Å². The molecule has 4 aromatic rings. The van der Waals surface area contributed by atoms with E-state index >= 15 is 0 Å². The van der Waals surface area contributed by atoms with Gasteiger partial charge in [-0.1, -0.05) is 125 Å². The van der Waals surface area contributed by atoms with Crippen molar-refractivity contribution >= 4 is 35.3 Å². The Labute approximate surface area is 354 Å². The summed E-state index contributed by atoms with van der Waals surface area (Å²) in [5.74, 6) is -2.18. The highest BCUT2D eigenvalue weighted by molar-refractivity contribution is 5.97. The first-order valence-electron chi connectivity index (χ1n) is 20.8. The Balaban J connectivity index is 1.55. The second kappa shape index (κ2) is 23.5. The van der Waals surface area contributed by atoms with Gasteiger partial charge in [0.05, 0.1) is 12.6 Å². The number of urea groups is 1. The average Bonchev–Trinajstić information content (AvgIpc) is 3.19. The smallest absolute Gasteiger partial charge is 0.319 e. The lowest BCUT2D eigenvalue weighted by atomic mass is 9.99. The highest BCUT2D eigenvalue weighted by Crippen LogP contribution is 2.15. The molecule has 6 amide bonds. The van der Waals surface area contributed by atoms with Crippen molar-refractivity contribution in [2.24, 2.45) is 11.8 Å². The molecular formula is C48H62N6O6. The summed E-state index contributed by atoms with van der Waals surface area (Å²) in [5, 5.41) is 27.3. The van der Waals surface area contributed by atoms with E-state index in [2.05, 4.69) is 31.9 Å². The van der Waals surface area contributed by atoms with Crippen LogP contribution in [-0.4, -0.2) is 71.6 Å². The Morgan fingerprint density at radius 3 is 1.27 bits per heavy atom. The van der Waals surface area contributed by atoms with Crippen LogP contribution >= 0.6 is 0 Å². The normalized spacial score (nSPS) is 13.6. The minimum absolute atomic E-state index is 0.0241. The van der Waals surface area contributed by atoms with E-state index in [1.165, 1.54) is 0 Å². The molecule has 0 aromatic heterocycles. The number of carbonyl (C=O) groups excluding carboxylic acids is 5. The molecule has 7 N–H and O–H groups in total. The Bertz CT molecular complexity index is 1970. The van der Waals surface area contributed by atoms with Gasteiger partial charge in [-0.2, -0.15) is 0 Å². The zero-order valence-corrected chi connectivity index (χ0v) is 35.7. The second-order valence-corrected chi connectivity index (χ2v) is 16.4. The third-order valence-corrected chi connectivity index (χ3v) is 9.87. The molecule has 0 aliphatic heterocycles. The summed E-state index contributed by atoms with van der Waals surface area (Å²) in [4.78, 5) is 69.7. The molecule has 60 heavy (non-hydrogen) atoms. The third-order valence-electron chi connectivity index (χ3n) is 9.87. The van der Waals surface area contributed by atoms with E-state index < -0.39 is 59.9 Å². The first kappa shape index (κ1) is 46.7. The van der Waals surface area contributed by atoms with Crippen LogP contribution in [0.3, 0.4) is 0 Å². The summed E-state index contributed by atoms with van der Waals surface area (Å²) in [6, 6.07) is 28.3. The van der Waals surface area contributed by atoms with Crippen LogP contribution in [0.1, 0.15) is 68.4 Å². The van der Waals surface area contributed by atoms with E-state index in [4.69, 9.17) is 0 Å². The van der Waals surface area contributed by atoms with Crippen LogP contribution in [0, 0.1) is 25.7 Å². The third kappa shape index (κ3) is 16.0. The van der Waals surface area contributed by atoms with E-state index in [1.54, 1.807) is 0 Å². The van der Waals surface area contributed by atoms with Crippen LogP contribution in [0.25, 0.3) is 0 Å². The number of rotatable bonds is 21. The van der Waals surface area contributed by atoms with Crippen LogP contribution in [0.2, 0.25) is 0 Å². The molecule has 12 heteroatoms. The highest BCUT2D eigenvalue weighted by Gasteiger charge is 2.33.